The first-order valence-corrected chi connectivity index (χ1v) is 7.07. The van der Waals surface area contributed by atoms with E-state index in [-0.39, 0.29) is 11.9 Å². The van der Waals surface area contributed by atoms with Crippen LogP contribution in [0.4, 0.5) is 0 Å². The van der Waals surface area contributed by atoms with Crippen LogP contribution >= 0.6 is 23.2 Å². The Morgan fingerprint density at radius 2 is 1.95 bits per heavy atom. The molecule has 0 spiro atoms. The van der Waals surface area contributed by atoms with Crippen LogP contribution in [0.5, 0.6) is 0 Å². The number of amides is 1. The minimum absolute atomic E-state index is 0.287. The van der Waals surface area contributed by atoms with Gasteiger partial charge < -0.3 is 5.32 Å². The van der Waals surface area contributed by atoms with Crippen LogP contribution in [0.15, 0.2) is 18.2 Å². The van der Waals surface area contributed by atoms with Crippen LogP contribution in [0.1, 0.15) is 39.3 Å². The minimum Gasteiger partial charge on any atom is -0.348 e. The van der Waals surface area contributed by atoms with E-state index in [2.05, 4.69) is 11.4 Å². The molecule has 2 atom stereocenters. The summed E-state index contributed by atoms with van der Waals surface area (Å²) in [5.74, 6) is -1.01. The lowest BCUT2D eigenvalue weighted by atomic mass is 9.81. The molecule has 1 aromatic rings. The molecular weight excluding hydrogens is 295 g/mol. The topological polar surface area (TPSA) is 52.9 Å². The molecule has 0 radical (unpaired) electrons. The van der Waals surface area contributed by atoms with Gasteiger partial charge >= 0.3 is 0 Å². The number of benzene rings is 1. The molecule has 1 aromatic carbocycles. The van der Waals surface area contributed by atoms with E-state index in [1.807, 2.05) is 27.7 Å². The molecule has 0 aliphatic carbocycles. The van der Waals surface area contributed by atoms with Crippen molar-refractivity contribution in [3.8, 4) is 6.07 Å². The van der Waals surface area contributed by atoms with Crippen LogP contribution in [-0.2, 0) is 4.79 Å². The average Bonchev–Trinajstić information content (AvgIpc) is 2.27. The average molecular weight is 313 g/mol. The molecule has 0 aliphatic rings. The molecule has 108 valence electrons. The lowest BCUT2D eigenvalue weighted by molar-refractivity contribution is -0.126. The zero-order chi connectivity index (χ0) is 15.5. The van der Waals surface area contributed by atoms with E-state index in [0.717, 1.165) is 5.56 Å². The Kier molecular flexibility index (Phi) is 5.44. The van der Waals surface area contributed by atoms with Crippen molar-refractivity contribution in [3.05, 3.63) is 33.8 Å². The highest BCUT2D eigenvalue weighted by molar-refractivity contribution is 6.35. The molecule has 0 bridgehead atoms. The van der Waals surface area contributed by atoms with Gasteiger partial charge in [0, 0.05) is 10.0 Å². The Labute approximate surface area is 129 Å². The Bertz CT molecular complexity index is 544. The molecular formula is C15H18Cl2N2O. The summed E-state index contributed by atoms with van der Waals surface area (Å²) in [7, 11) is 0. The van der Waals surface area contributed by atoms with Crippen LogP contribution < -0.4 is 5.32 Å². The fourth-order valence-corrected chi connectivity index (χ4v) is 2.44. The standard InChI is InChI=1S/C15H18Cl2N2O/c1-9(11-6-5-10(16)7-13(11)17)19-14(20)12(8-18)15(2,3)4/h5-7,9,12H,1-4H3,(H,19,20)/t9-,12?/m0/s1. The van der Waals surface area contributed by atoms with Crippen molar-refractivity contribution in [3.63, 3.8) is 0 Å². The molecule has 1 amide bonds. The second-order valence-electron chi connectivity index (χ2n) is 5.82. The van der Waals surface area contributed by atoms with Crippen molar-refractivity contribution in [1.29, 1.82) is 5.26 Å². The number of hydrogen-bond donors (Lipinski definition) is 1. The fraction of sp³-hybridized carbons (Fsp3) is 0.467. The Hall–Kier alpha value is -1.24. The largest absolute Gasteiger partial charge is 0.348 e. The molecule has 3 nitrogen and oxygen atoms in total. The summed E-state index contributed by atoms with van der Waals surface area (Å²) in [4.78, 5) is 12.2. The summed E-state index contributed by atoms with van der Waals surface area (Å²) < 4.78 is 0. The zero-order valence-electron chi connectivity index (χ0n) is 12.0. The number of hydrogen-bond acceptors (Lipinski definition) is 2. The van der Waals surface area contributed by atoms with E-state index < -0.39 is 11.3 Å². The summed E-state index contributed by atoms with van der Waals surface area (Å²) in [6.45, 7) is 7.41. The predicted molar refractivity (Wildman–Crippen MR) is 81.6 cm³/mol. The van der Waals surface area contributed by atoms with Gasteiger partial charge in [-0.3, -0.25) is 4.79 Å². The van der Waals surface area contributed by atoms with Crippen LogP contribution in [-0.4, -0.2) is 5.91 Å². The normalized spacial score (nSPS) is 14.2. The van der Waals surface area contributed by atoms with Gasteiger partial charge in [0.1, 0.15) is 5.92 Å². The minimum atomic E-state index is -0.712. The SMILES string of the molecule is C[C@H](NC(=O)C(C#N)C(C)(C)C)c1ccc(Cl)cc1Cl. The van der Waals surface area contributed by atoms with E-state index >= 15 is 0 Å². The summed E-state index contributed by atoms with van der Waals surface area (Å²) in [5.41, 5.74) is 0.359. The van der Waals surface area contributed by atoms with Crippen LogP contribution in [0.3, 0.4) is 0 Å². The Morgan fingerprint density at radius 1 is 1.35 bits per heavy atom. The predicted octanol–water partition coefficient (Wildman–Crippen LogP) is 4.36. The molecule has 5 heteroatoms. The van der Waals surface area contributed by atoms with Crippen molar-refractivity contribution in [2.75, 3.05) is 0 Å². The van der Waals surface area contributed by atoms with Gasteiger partial charge in [-0.2, -0.15) is 5.26 Å². The quantitative estimate of drug-likeness (QED) is 0.901. The fourth-order valence-electron chi connectivity index (χ4n) is 1.87. The first kappa shape index (κ1) is 16.8. The number of nitrogens with zero attached hydrogens (tertiary/aromatic N) is 1. The first-order chi connectivity index (χ1) is 9.16. The highest BCUT2D eigenvalue weighted by Gasteiger charge is 2.32. The van der Waals surface area contributed by atoms with Crippen LogP contribution in [0.2, 0.25) is 10.0 Å². The van der Waals surface area contributed by atoms with Crippen molar-refractivity contribution in [2.45, 2.75) is 33.7 Å². The molecule has 1 N–H and O–H groups in total. The van der Waals surface area contributed by atoms with Crippen molar-refractivity contribution in [1.82, 2.24) is 5.32 Å². The molecule has 0 aromatic heterocycles. The summed E-state index contributed by atoms with van der Waals surface area (Å²) >= 11 is 12.0. The number of carbonyl (C=O) groups is 1. The van der Waals surface area contributed by atoms with Gasteiger partial charge in [0.15, 0.2) is 0 Å². The van der Waals surface area contributed by atoms with Gasteiger partial charge in [0.25, 0.3) is 0 Å². The first-order valence-electron chi connectivity index (χ1n) is 6.31. The van der Waals surface area contributed by atoms with E-state index in [0.29, 0.717) is 10.0 Å². The van der Waals surface area contributed by atoms with Gasteiger partial charge in [-0.15, -0.1) is 0 Å². The number of rotatable bonds is 3. The molecule has 0 heterocycles. The van der Waals surface area contributed by atoms with Gasteiger partial charge in [-0.05, 0) is 30.0 Å². The van der Waals surface area contributed by atoms with Gasteiger partial charge in [0.05, 0.1) is 12.1 Å². The van der Waals surface area contributed by atoms with E-state index in [1.54, 1.807) is 18.2 Å². The van der Waals surface area contributed by atoms with E-state index in [4.69, 9.17) is 28.5 Å². The number of nitriles is 1. The molecule has 1 rings (SSSR count). The highest BCUT2D eigenvalue weighted by atomic mass is 35.5. The lowest BCUT2D eigenvalue weighted by Gasteiger charge is -2.25. The second kappa shape index (κ2) is 6.47. The van der Waals surface area contributed by atoms with E-state index in [9.17, 15) is 4.79 Å². The van der Waals surface area contributed by atoms with Gasteiger partial charge in [-0.1, -0.05) is 50.0 Å². The van der Waals surface area contributed by atoms with Gasteiger partial charge in [-0.25, -0.2) is 0 Å². The molecule has 1 unspecified atom stereocenters. The Morgan fingerprint density at radius 3 is 2.40 bits per heavy atom. The maximum absolute atomic E-state index is 12.2. The smallest absolute Gasteiger partial charge is 0.238 e. The summed E-state index contributed by atoms with van der Waals surface area (Å²) in [5, 5.41) is 13.0. The monoisotopic (exact) mass is 312 g/mol. The molecule has 20 heavy (non-hydrogen) atoms. The third-order valence-corrected chi connectivity index (χ3v) is 3.61. The van der Waals surface area contributed by atoms with E-state index in [1.165, 1.54) is 0 Å². The van der Waals surface area contributed by atoms with Gasteiger partial charge in [0.2, 0.25) is 5.91 Å². The maximum Gasteiger partial charge on any atom is 0.238 e. The number of halogens is 2. The lowest BCUT2D eigenvalue weighted by Crippen LogP contribution is -2.38. The zero-order valence-corrected chi connectivity index (χ0v) is 13.5. The summed E-state index contributed by atoms with van der Waals surface area (Å²) in [6.07, 6.45) is 0. The van der Waals surface area contributed by atoms with Crippen molar-refractivity contribution < 1.29 is 4.79 Å². The third kappa shape index (κ3) is 4.13. The number of nitrogens with one attached hydrogen (secondary N) is 1. The van der Waals surface area contributed by atoms with Crippen molar-refractivity contribution >= 4 is 29.1 Å². The number of carbonyl (C=O) groups excluding carboxylic acids is 1. The highest BCUT2D eigenvalue weighted by Crippen LogP contribution is 2.29. The molecule has 0 saturated carbocycles. The van der Waals surface area contributed by atoms with Crippen LogP contribution in [0.25, 0.3) is 0 Å². The summed E-state index contributed by atoms with van der Waals surface area (Å²) in [6, 6.07) is 6.89. The molecule has 0 aliphatic heterocycles. The second-order valence-corrected chi connectivity index (χ2v) is 6.67. The third-order valence-electron chi connectivity index (χ3n) is 3.05. The maximum atomic E-state index is 12.2. The Balaban J connectivity index is 2.88. The molecule has 0 saturated heterocycles. The van der Waals surface area contributed by atoms with Crippen molar-refractivity contribution in [2.24, 2.45) is 11.3 Å². The molecule has 0 fully saturated rings. The van der Waals surface area contributed by atoms with Crippen LogP contribution in [0, 0.1) is 22.7 Å².